The van der Waals surface area contributed by atoms with Crippen LogP contribution in [0.2, 0.25) is 10.0 Å². The predicted molar refractivity (Wildman–Crippen MR) is 119 cm³/mol. The average Bonchev–Trinajstić information content (AvgIpc) is 2.68. The minimum atomic E-state index is -1.01. The lowest BCUT2D eigenvalue weighted by Gasteiger charge is -2.38. The smallest absolute Gasteiger partial charge is 0.326 e. The van der Waals surface area contributed by atoms with Crippen LogP contribution in [-0.2, 0) is 16.0 Å². The van der Waals surface area contributed by atoms with Crippen LogP contribution in [0.4, 0.5) is 11.4 Å². The fourth-order valence-corrected chi connectivity index (χ4v) is 4.24. The molecule has 30 heavy (non-hydrogen) atoms. The van der Waals surface area contributed by atoms with E-state index in [0.29, 0.717) is 39.9 Å². The van der Waals surface area contributed by atoms with Gasteiger partial charge in [-0.3, -0.25) is 4.79 Å². The van der Waals surface area contributed by atoms with E-state index >= 15 is 0 Å². The molecule has 1 aliphatic rings. The zero-order chi connectivity index (χ0) is 21.8. The molecule has 0 fully saturated rings. The number of carboxylic acid groups (broad SMARTS) is 1. The van der Waals surface area contributed by atoms with Gasteiger partial charge in [-0.2, -0.15) is 0 Å². The second-order valence-corrected chi connectivity index (χ2v) is 7.77. The summed E-state index contributed by atoms with van der Waals surface area (Å²) in [6.45, 7) is 1.75. The van der Waals surface area contributed by atoms with Crippen molar-refractivity contribution in [1.29, 1.82) is 0 Å². The number of carbonyl (C=O) groups excluding carboxylic acids is 1. The molecule has 2 unspecified atom stereocenters. The molecule has 8 heteroatoms. The third kappa shape index (κ3) is 4.71. The summed E-state index contributed by atoms with van der Waals surface area (Å²) in [5.41, 5.74) is 8.17. The molecule has 2 aromatic rings. The van der Waals surface area contributed by atoms with Crippen LogP contribution in [0.5, 0.6) is 0 Å². The Kier molecular flexibility index (Phi) is 6.88. The van der Waals surface area contributed by atoms with Crippen LogP contribution in [0, 0.1) is 11.8 Å². The van der Waals surface area contributed by atoms with Gasteiger partial charge in [0.2, 0.25) is 5.91 Å². The summed E-state index contributed by atoms with van der Waals surface area (Å²) in [5, 5.41) is 13.3. The van der Waals surface area contributed by atoms with Crippen LogP contribution < -0.4 is 16.0 Å². The molecular weight excluding hydrogens is 425 g/mol. The summed E-state index contributed by atoms with van der Waals surface area (Å²) in [6, 6.07) is 9.19. The van der Waals surface area contributed by atoms with E-state index in [-0.39, 0.29) is 12.3 Å². The molecule has 0 saturated heterocycles. The molecule has 4 N–H and O–H groups in total. The summed E-state index contributed by atoms with van der Waals surface area (Å²) in [7, 11) is 0. The minimum absolute atomic E-state index is 0.160. The zero-order valence-corrected chi connectivity index (χ0v) is 17.8. The molecule has 0 aliphatic carbocycles. The van der Waals surface area contributed by atoms with E-state index in [0.717, 1.165) is 5.56 Å². The van der Waals surface area contributed by atoms with Crippen molar-refractivity contribution < 1.29 is 14.7 Å². The highest BCUT2D eigenvalue weighted by Gasteiger charge is 2.37. The summed E-state index contributed by atoms with van der Waals surface area (Å²) < 4.78 is 0. The van der Waals surface area contributed by atoms with Crippen molar-refractivity contribution in [2.75, 3.05) is 16.8 Å². The molecule has 2 aromatic carbocycles. The third-order valence-corrected chi connectivity index (χ3v) is 5.43. The molecule has 0 saturated carbocycles. The van der Waals surface area contributed by atoms with Crippen molar-refractivity contribution in [2.24, 2.45) is 5.73 Å². The van der Waals surface area contributed by atoms with Gasteiger partial charge in [0.15, 0.2) is 0 Å². The van der Waals surface area contributed by atoms with Gasteiger partial charge in [0.1, 0.15) is 6.04 Å². The van der Waals surface area contributed by atoms with E-state index in [1.54, 1.807) is 17.0 Å². The molecule has 1 amide bonds. The number of aliphatic carboxylic acids is 1. The maximum atomic E-state index is 12.7. The Morgan fingerprint density at radius 3 is 2.53 bits per heavy atom. The van der Waals surface area contributed by atoms with E-state index in [1.165, 1.54) is 6.92 Å². The number of carbonyl (C=O) groups is 2. The molecule has 156 valence electrons. The number of hydrogen-bond acceptors (Lipinski definition) is 4. The third-order valence-electron chi connectivity index (χ3n) is 4.90. The van der Waals surface area contributed by atoms with Crippen LogP contribution in [0.25, 0.3) is 0 Å². The van der Waals surface area contributed by atoms with Crippen molar-refractivity contribution in [3.8, 4) is 11.8 Å². The van der Waals surface area contributed by atoms with Gasteiger partial charge in [-0.15, -0.1) is 0 Å². The van der Waals surface area contributed by atoms with Crippen LogP contribution in [0.1, 0.15) is 30.5 Å². The number of fused-ring (bicyclic) bond motifs is 1. The first-order valence-electron chi connectivity index (χ1n) is 9.34. The average molecular weight is 446 g/mol. The molecule has 1 heterocycles. The summed E-state index contributed by atoms with van der Waals surface area (Å²) in [4.78, 5) is 26.0. The van der Waals surface area contributed by atoms with E-state index < -0.39 is 18.1 Å². The van der Waals surface area contributed by atoms with Gasteiger partial charge >= 0.3 is 5.97 Å². The topological polar surface area (TPSA) is 95.7 Å². The maximum absolute atomic E-state index is 12.7. The van der Waals surface area contributed by atoms with Crippen molar-refractivity contribution >= 4 is 46.5 Å². The fraction of sp³-hybridized carbons (Fsp3) is 0.273. The Bertz CT molecular complexity index is 1030. The largest absolute Gasteiger partial charge is 0.480 e. The van der Waals surface area contributed by atoms with E-state index in [2.05, 4.69) is 17.2 Å². The number of halogens is 2. The van der Waals surface area contributed by atoms with Gasteiger partial charge in [0.05, 0.1) is 12.6 Å². The number of nitrogens with one attached hydrogen (secondary N) is 1. The molecule has 0 spiro atoms. The normalized spacial score (nSPS) is 17.2. The van der Waals surface area contributed by atoms with Gasteiger partial charge in [-0.1, -0.05) is 47.2 Å². The van der Waals surface area contributed by atoms with E-state index in [9.17, 15) is 14.7 Å². The Hall–Kier alpha value is -2.72. The number of amides is 1. The number of nitrogens with zero attached hydrogens (tertiary/aromatic N) is 1. The monoisotopic (exact) mass is 445 g/mol. The summed E-state index contributed by atoms with van der Waals surface area (Å²) >= 11 is 12.6. The molecule has 2 atom stereocenters. The van der Waals surface area contributed by atoms with Crippen molar-refractivity contribution in [2.45, 2.75) is 31.8 Å². The van der Waals surface area contributed by atoms with Crippen LogP contribution >= 0.6 is 23.2 Å². The molecule has 0 aromatic heterocycles. The van der Waals surface area contributed by atoms with Gasteiger partial charge in [0, 0.05) is 46.7 Å². The molecule has 1 aliphatic heterocycles. The Labute approximate surface area is 185 Å². The molecule has 3 rings (SSSR count). The van der Waals surface area contributed by atoms with Crippen molar-refractivity contribution in [1.82, 2.24) is 0 Å². The standard InChI is InChI=1S/C22H21Cl2N3O3/c1-13(28)27(16-7-5-14(6-8-16)4-2-3-9-25)20-12-19(22(29)30)26-18-11-15(23)10-17(24)21(18)20/h5-8,10-11,19-20,26H,4,9,12,25H2,1H3,(H,29,30). The van der Waals surface area contributed by atoms with E-state index in [1.807, 2.05) is 24.3 Å². The highest BCUT2D eigenvalue weighted by Crippen LogP contribution is 2.44. The predicted octanol–water partition coefficient (Wildman–Crippen LogP) is 3.86. The molecular formula is C22H21Cl2N3O3. The van der Waals surface area contributed by atoms with Gasteiger partial charge < -0.3 is 21.1 Å². The number of benzene rings is 2. The first-order valence-corrected chi connectivity index (χ1v) is 10.1. The number of rotatable bonds is 4. The number of carboxylic acids is 1. The number of hydrogen-bond donors (Lipinski definition) is 3. The highest BCUT2D eigenvalue weighted by atomic mass is 35.5. The quantitative estimate of drug-likeness (QED) is 0.620. The van der Waals surface area contributed by atoms with E-state index in [4.69, 9.17) is 28.9 Å². The first kappa shape index (κ1) is 22.0. The second-order valence-electron chi connectivity index (χ2n) is 6.93. The van der Waals surface area contributed by atoms with Crippen LogP contribution in [0.15, 0.2) is 36.4 Å². The van der Waals surface area contributed by atoms with Gasteiger partial charge in [0.25, 0.3) is 0 Å². The lowest BCUT2D eigenvalue weighted by molar-refractivity contribution is -0.138. The SMILES string of the molecule is CC(=O)N(c1ccc(CC#CCN)cc1)C1CC(C(=O)O)Nc2cc(Cl)cc(Cl)c21. The fourth-order valence-electron chi connectivity index (χ4n) is 3.62. The zero-order valence-electron chi connectivity index (χ0n) is 16.3. The maximum Gasteiger partial charge on any atom is 0.326 e. The van der Waals surface area contributed by atoms with Gasteiger partial charge in [-0.05, 0) is 29.8 Å². The molecule has 0 radical (unpaired) electrons. The summed E-state index contributed by atoms with van der Waals surface area (Å²) in [6.07, 6.45) is 0.714. The summed E-state index contributed by atoms with van der Waals surface area (Å²) in [5.74, 6) is 4.55. The Morgan fingerprint density at radius 2 is 1.93 bits per heavy atom. The lowest BCUT2D eigenvalue weighted by atomic mass is 9.91. The first-order chi connectivity index (χ1) is 14.3. The highest BCUT2D eigenvalue weighted by molar-refractivity contribution is 6.35. The Balaban J connectivity index is 2.03. The van der Waals surface area contributed by atoms with Gasteiger partial charge in [-0.25, -0.2) is 4.79 Å². The van der Waals surface area contributed by atoms with Crippen molar-refractivity contribution in [3.05, 3.63) is 57.6 Å². The minimum Gasteiger partial charge on any atom is -0.480 e. The molecule has 6 nitrogen and oxygen atoms in total. The van der Waals surface area contributed by atoms with Crippen LogP contribution in [0.3, 0.4) is 0 Å². The number of nitrogens with two attached hydrogens (primary N) is 1. The Morgan fingerprint density at radius 1 is 1.23 bits per heavy atom. The molecule has 0 bridgehead atoms. The lowest BCUT2D eigenvalue weighted by Crippen LogP contribution is -2.43. The second kappa shape index (κ2) is 9.40. The van der Waals surface area contributed by atoms with Crippen LogP contribution in [-0.4, -0.2) is 29.6 Å². The van der Waals surface area contributed by atoms with Crippen molar-refractivity contribution in [3.63, 3.8) is 0 Å². The number of anilines is 2.